The first-order valence-corrected chi connectivity index (χ1v) is 3.96. The Bertz CT molecular complexity index is 40.7. The fraction of sp³-hybridized carbons (Fsp3) is 1.00. The van der Waals surface area contributed by atoms with Crippen LogP contribution in [0.2, 0.25) is 0 Å². The lowest BCUT2D eigenvalue weighted by Gasteiger charge is -2.16. The summed E-state index contributed by atoms with van der Waals surface area (Å²) in [5.74, 6) is 7.13. The molecule has 0 saturated carbocycles. The second kappa shape index (κ2) is 4.80. The maximum absolute atomic E-state index is 7.13. The number of rotatable bonds is 3. The van der Waals surface area contributed by atoms with E-state index in [0.717, 1.165) is 22.5 Å². The van der Waals surface area contributed by atoms with E-state index in [1.165, 1.54) is 0 Å². The zero-order valence-corrected chi connectivity index (χ0v) is 6.66. The third-order valence-corrected chi connectivity index (χ3v) is 1.36. The van der Waals surface area contributed by atoms with Crippen molar-refractivity contribution < 1.29 is 5.01 Å². The Morgan fingerprint density at radius 3 is 2.43 bits per heavy atom. The molecule has 1 unspecified atom stereocenters. The van der Waals surface area contributed by atoms with Crippen molar-refractivity contribution in [3.63, 3.8) is 0 Å². The van der Waals surface area contributed by atoms with Crippen LogP contribution < -0.4 is 5.01 Å². The number of hydrogen-bond donors (Lipinski definition) is 1. The Morgan fingerprint density at radius 1 is 1.71 bits per heavy atom. The van der Waals surface area contributed by atoms with E-state index in [0.29, 0.717) is 0 Å². The summed E-state index contributed by atoms with van der Waals surface area (Å²) < 4.78 is 1.09. The summed E-state index contributed by atoms with van der Waals surface area (Å²) in [7, 11) is 0. The van der Waals surface area contributed by atoms with E-state index in [4.69, 9.17) is 5.84 Å². The highest BCUT2D eigenvalue weighted by atomic mass is 127. The number of halogens is 1. The molecule has 0 amide bonds. The molecule has 0 aliphatic rings. The van der Waals surface area contributed by atoms with Gasteiger partial charge in [0.2, 0.25) is 0 Å². The average molecular weight is 214 g/mol. The normalized spacial score (nSPS) is 14.1. The van der Waals surface area contributed by atoms with Crippen LogP contribution in [-0.4, -0.2) is 17.5 Å². The van der Waals surface area contributed by atoms with Gasteiger partial charge in [-0.1, -0.05) is 22.6 Å². The van der Waals surface area contributed by atoms with E-state index in [1.54, 1.807) is 0 Å². The van der Waals surface area contributed by atoms with Crippen LogP contribution in [-0.2, 0) is 0 Å². The summed E-state index contributed by atoms with van der Waals surface area (Å²) in [6.45, 7) is 3.91. The van der Waals surface area contributed by atoms with Gasteiger partial charge in [-0.25, -0.2) is 0 Å². The van der Waals surface area contributed by atoms with Crippen molar-refractivity contribution in [3.8, 4) is 0 Å². The molecule has 44 valence electrons. The molecule has 0 aromatic rings. The Morgan fingerprint density at radius 2 is 2.29 bits per heavy atom. The van der Waals surface area contributed by atoms with Crippen molar-refractivity contribution in [2.24, 2.45) is 0 Å². The van der Waals surface area contributed by atoms with Crippen molar-refractivity contribution in [1.82, 2.24) is 0 Å². The molecule has 0 rings (SSSR count). The van der Waals surface area contributed by atoms with E-state index >= 15 is 0 Å². The molecule has 0 aliphatic carbocycles. The van der Waals surface area contributed by atoms with E-state index in [1.807, 2.05) is 6.92 Å². The molecule has 0 aromatic heterocycles. The summed E-state index contributed by atoms with van der Waals surface area (Å²) in [6.07, 6.45) is 0. The fourth-order valence-electron chi connectivity index (χ4n) is 0.291. The van der Waals surface area contributed by atoms with Crippen molar-refractivity contribution in [3.05, 3.63) is 5.84 Å². The molecule has 7 heavy (non-hydrogen) atoms. The van der Waals surface area contributed by atoms with Crippen LogP contribution in [0.15, 0.2) is 0 Å². The molecule has 1 atom stereocenters. The largest absolute Gasteiger partial charge is 0.469 e. The molecule has 3 heteroatoms. The summed E-state index contributed by atoms with van der Waals surface area (Å²) in [5.41, 5.74) is 0. The smallest absolute Gasteiger partial charge is 0.0772 e. The van der Waals surface area contributed by atoms with Crippen LogP contribution in [0, 0.1) is 0 Å². The van der Waals surface area contributed by atoms with Crippen molar-refractivity contribution in [2.45, 2.75) is 6.92 Å². The standard InChI is InChI=1S/C4H11IN2/c1-2-7(6)4-3-5/h6-7H,2-4H2,1H3. The molecule has 0 heterocycles. The topological polar surface area (TPSA) is 28.2 Å². The highest BCUT2D eigenvalue weighted by molar-refractivity contribution is 14.1. The molecule has 0 spiro atoms. The summed E-state index contributed by atoms with van der Waals surface area (Å²) in [6, 6.07) is 0. The molecular formula is C4H11IN2. The van der Waals surface area contributed by atoms with Crippen LogP contribution in [0.25, 0.3) is 5.84 Å². The molecule has 2 nitrogen and oxygen atoms in total. The van der Waals surface area contributed by atoms with Gasteiger partial charge in [-0.15, -0.1) is 0 Å². The van der Waals surface area contributed by atoms with Gasteiger partial charge >= 0.3 is 0 Å². The van der Waals surface area contributed by atoms with Gasteiger partial charge in [0, 0.05) is 4.43 Å². The van der Waals surface area contributed by atoms with Gasteiger partial charge in [0.05, 0.1) is 13.1 Å². The predicted molar refractivity (Wildman–Crippen MR) is 39.6 cm³/mol. The molecule has 0 fully saturated rings. The maximum Gasteiger partial charge on any atom is 0.0772 e. The Labute approximate surface area is 58.2 Å². The second-order valence-electron chi connectivity index (χ2n) is 1.40. The van der Waals surface area contributed by atoms with Gasteiger partial charge in [0.25, 0.3) is 0 Å². The number of nitrogens with one attached hydrogen (secondary N) is 2. The van der Waals surface area contributed by atoms with Crippen molar-refractivity contribution >= 4 is 22.6 Å². The first kappa shape index (κ1) is 7.65. The third-order valence-electron chi connectivity index (χ3n) is 0.823. The monoisotopic (exact) mass is 214 g/mol. The first-order valence-electron chi connectivity index (χ1n) is 2.43. The van der Waals surface area contributed by atoms with E-state index in [2.05, 4.69) is 22.6 Å². The first-order chi connectivity index (χ1) is 3.31. The van der Waals surface area contributed by atoms with Crippen LogP contribution in [0.4, 0.5) is 0 Å². The average Bonchev–Trinajstić information content (AvgIpc) is 1.68. The van der Waals surface area contributed by atoms with Gasteiger partial charge in [-0.3, -0.25) is 0 Å². The number of alkyl halides is 1. The summed E-state index contributed by atoms with van der Waals surface area (Å²) >= 11 is 2.29. The minimum absolute atomic E-state index is 0.870. The highest BCUT2D eigenvalue weighted by Gasteiger charge is 1.85. The van der Waals surface area contributed by atoms with Gasteiger partial charge in [0.1, 0.15) is 0 Å². The lowest BCUT2D eigenvalue weighted by atomic mass is 10.6. The number of quaternary nitrogens is 1. The van der Waals surface area contributed by atoms with Crippen molar-refractivity contribution in [1.29, 1.82) is 0 Å². The lowest BCUT2D eigenvalue weighted by molar-refractivity contribution is -0.843. The molecule has 0 radical (unpaired) electrons. The van der Waals surface area contributed by atoms with E-state index < -0.39 is 0 Å². The number of hydrogen-bond acceptors (Lipinski definition) is 0. The molecular weight excluding hydrogens is 203 g/mol. The zero-order valence-electron chi connectivity index (χ0n) is 4.50. The molecule has 0 aliphatic heterocycles. The SMILES string of the molecule is CC[NH+]([NH-])CCI. The highest BCUT2D eigenvalue weighted by Crippen LogP contribution is 1.71. The fourth-order valence-corrected chi connectivity index (χ4v) is 0.942. The van der Waals surface area contributed by atoms with E-state index in [-0.39, 0.29) is 0 Å². The van der Waals surface area contributed by atoms with Gasteiger partial charge in [-0.2, -0.15) is 0 Å². The summed E-state index contributed by atoms with van der Waals surface area (Å²) in [5, 5.41) is 0.870. The van der Waals surface area contributed by atoms with Crippen LogP contribution in [0.3, 0.4) is 0 Å². The van der Waals surface area contributed by atoms with Gasteiger partial charge < -0.3 is 10.9 Å². The Hall–Kier alpha value is 0.650. The van der Waals surface area contributed by atoms with Gasteiger partial charge in [-0.05, 0) is 6.92 Å². The minimum Gasteiger partial charge on any atom is -0.469 e. The van der Waals surface area contributed by atoms with Gasteiger partial charge in [0.15, 0.2) is 0 Å². The Balaban J connectivity index is 2.83. The lowest BCUT2D eigenvalue weighted by Crippen LogP contribution is -3.05. The Kier molecular flexibility index (Phi) is 5.25. The van der Waals surface area contributed by atoms with Crippen molar-refractivity contribution in [2.75, 3.05) is 17.5 Å². The minimum atomic E-state index is 0.870. The third kappa shape index (κ3) is 4.50. The maximum atomic E-state index is 7.13. The molecule has 0 aromatic carbocycles. The van der Waals surface area contributed by atoms with E-state index in [9.17, 15) is 0 Å². The second-order valence-corrected chi connectivity index (χ2v) is 2.47. The molecule has 2 N–H and O–H groups in total. The summed E-state index contributed by atoms with van der Waals surface area (Å²) in [4.78, 5) is 0. The zero-order chi connectivity index (χ0) is 5.70. The molecule has 0 bridgehead atoms. The van der Waals surface area contributed by atoms with Crippen LogP contribution in [0.1, 0.15) is 6.92 Å². The quantitative estimate of drug-likeness (QED) is 0.397. The van der Waals surface area contributed by atoms with Crippen LogP contribution >= 0.6 is 22.6 Å². The van der Waals surface area contributed by atoms with Crippen LogP contribution in [0.5, 0.6) is 0 Å². The molecule has 0 saturated heterocycles. The predicted octanol–water partition coefficient (Wildman–Crippen LogP) is 0.293.